The molecule has 1 fully saturated rings. The van der Waals surface area contributed by atoms with Crippen molar-refractivity contribution in [3.8, 4) is 28.3 Å². The predicted molar refractivity (Wildman–Crippen MR) is 159 cm³/mol. The second-order valence-electron chi connectivity index (χ2n) is 11.3. The first-order valence-electron chi connectivity index (χ1n) is 13.9. The van der Waals surface area contributed by atoms with E-state index in [2.05, 4.69) is 34.2 Å². The molecule has 0 radical (unpaired) electrons. The average molecular weight is 573 g/mol. The Bertz CT molecular complexity index is 1610. The van der Waals surface area contributed by atoms with Crippen molar-refractivity contribution in [2.24, 2.45) is 0 Å². The first-order valence-corrected chi connectivity index (χ1v) is 13.9. The molecule has 1 spiro atoms. The van der Waals surface area contributed by atoms with E-state index in [9.17, 15) is 9.90 Å². The highest BCUT2D eigenvalue weighted by Gasteiger charge is 2.44. The van der Waals surface area contributed by atoms with Crippen molar-refractivity contribution in [2.45, 2.75) is 38.2 Å². The molecule has 1 amide bonds. The fraction of sp³-hybridized carbons (Fsp3) is 0.344. The summed E-state index contributed by atoms with van der Waals surface area (Å²) in [6, 6.07) is 18.3. The predicted octanol–water partition coefficient (Wildman–Crippen LogP) is 5.18. The van der Waals surface area contributed by atoms with Crippen molar-refractivity contribution < 1.29 is 19.2 Å². The third-order valence-electron chi connectivity index (χ3n) is 8.87. The molecular weight excluding hydrogens is 540 g/mol. The van der Waals surface area contributed by atoms with Gasteiger partial charge in [-0.05, 0) is 98.9 Å². The standard InChI is InChI=1S/C32H32N4O4.ClH/c1-20-15-24(30-33-29(18-37)40-34-30)7-8-25(20)21-3-5-22(6-4-21)31(38)36-12-9-23-16-28-26(17-27(23)36)32(19-39-28)10-13-35(2)14-11-32;/h3-8,15-17,37H,9-14,18-19H2,1-2H3;1H. The molecular formula is C32H33ClN4O4. The minimum Gasteiger partial charge on any atom is -0.492 e. The van der Waals surface area contributed by atoms with Crippen molar-refractivity contribution in [3.63, 3.8) is 0 Å². The maximum Gasteiger partial charge on any atom is 0.258 e. The number of aliphatic hydroxyl groups is 1. The van der Waals surface area contributed by atoms with Gasteiger partial charge in [0.2, 0.25) is 5.82 Å². The van der Waals surface area contributed by atoms with E-state index in [0.29, 0.717) is 17.9 Å². The van der Waals surface area contributed by atoms with E-state index in [1.165, 1.54) is 11.1 Å². The Hall–Kier alpha value is -3.72. The number of aromatic nitrogens is 2. The zero-order valence-corrected chi connectivity index (χ0v) is 24.0. The third kappa shape index (κ3) is 4.70. The number of halogens is 1. The fourth-order valence-electron chi connectivity index (χ4n) is 6.42. The van der Waals surface area contributed by atoms with Gasteiger partial charge in [-0.1, -0.05) is 29.4 Å². The monoisotopic (exact) mass is 572 g/mol. The van der Waals surface area contributed by atoms with Crippen LogP contribution in [0.4, 0.5) is 5.69 Å². The number of benzene rings is 3. The molecule has 0 bridgehead atoms. The van der Waals surface area contributed by atoms with Gasteiger partial charge in [0.1, 0.15) is 12.4 Å². The van der Waals surface area contributed by atoms with Gasteiger partial charge in [-0.15, -0.1) is 12.4 Å². The minimum absolute atomic E-state index is 0. The van der Waals surface area contributed by atoms with Crippen LogP contribution in [0.2, 0.25) is 0 Å². The molecule has 1 N–H and O–H groups in total. The molecule has 0 atom stereocenters. The highest BCUT2D eigenvalue weighted by atomic mass is 35.5. The molecule has 1 saturated heterocycles. The maximum absolute atomic E-state index is 13.7. The van der Waals surface area contributed by atoms with E-state index in [0.717, 1.165) is 72.6 Å². The molecule has 212 valence electrons. The first kappa shape index (κ1) is 27.4. The van der Waals surface area contributed by atoms with Crippen LogP contribution in [0.25, 0.3) is 22.5 Å². The SMILES string of the molecule is Cc1cc(-c2noc(CO)n2)ccc1-c1ccc(C(=O)N2CCc3cc4c(cc32)C2(CCN(C)CC2)CO4)cc1.Cl. The van der Waals surface area contributed by atoms with E-state index in [1.807, 2.05) is 54.3 Å². The van der Waals surface area contributed by atoms with E-state index >= 15 is 0 Å². The molecule has 0 aliphatic carbocycles. The number of hydrogen-bond acceptors (Lipinski definition) is 7. The summed E-state index contributed by atoms with van der Waals surface area (Å²) in [7, 11) is 2.18. The number of carbonyl (C=O) groups excluding carboxylic acids is 1. The lowest BCUT2D eigenvalue weighted by atomic mass is 9.74. The van der Waals surface area contributed by atoms with E-state index in [4.69, 9.17) is 9.26 Å². The van der Waals surface area contributed by atoms with Gasteiger partial charge in [-0.25, -0.2) is 0 Å². The summed E-state index contributed by atoms with van der Waals surface area (Å²) in [5.41, 5.74) is 8.23. The molecule has 4 heterocycles. The number of ether oxygens (including phenoxy) is 1. The molecule has 0 unspecified atom stereocenters. The number of hydrogen-bond donors (Lipinski definition) is 1. The smallest absolute Gasteiger partial charge is 0.258 e. The lowest BCUT2D eigenvalue weighted by Gasteiger charge is -2.37. The summed E-state index contributed by atoms with van der Waals surface area (Å²) in [6.07, 6.45) is 3.02. The number of anilines is 1. The summed E-state index contributed by atoms with van der Waals surface area (Å²) in [6.45, 7) is 5.31. The largest absolute Gasteiger partial charge is 0.492 e. The van der Waals surface area contributed by atoms with Gasteiger partial charge >= 0.3 is 0 Å². The summed E-state index contributed by atoms with van der Waals surface area (Å²) < 4.78 is 11.2. The highest BCUT2D eigenvalue weighted by molar-refractivity contribution is 6.07. The molecule has 7 rings (SSSR count). The number of amides is 1. The van der Waals surface area contributed by atoms with Crippen molar-refractivity contribution >= 4 is 24.0 Å². The zero-order chi connectivity index (χ0) is 27.4. The van der Waals surface area contributed by atoms with E-state index < -0.39 is 0 Å². The van der Waals surface area contributed by atoms with Crippen LogP contribution >= 0.6 is 12.4 Å². The molecule has 8 nitrogen and oxygen atoms in total. The van der Waals surface area contributed by atoms with Crippen LogP contribution in [0.15, 0.2) is 59.1 Å². The van der Waals surface area contributed by atoms with Crippen LogP contribution in [0, 0.1) is 6.92 Å². The number of aliphatic hydroxyl groups excluding tert-OH is 1. The van der Waals surface area contributed by atoms with Crippen molar-refractivity contribution in [2.75, 3.05) is 38.2 Å². The van der Waals surface area contributed by atoms with Crippen LogP contribution in [-0.4, -0.2) is 59.3 Å². The second-order valence-corrected chi connectivity index (χ2v) is 11.3. The molecule has 3 aliphatic heterocycles. The summed E-state index contributed by atoms with van der Waals surface area (Å²) >= 11 is 0. The molecule has 1 aromatic heterocycles. The topological polar surface area (TPSA) is 91.9 Å². The van der Waals surface area contributed by atoms with Gasteiger partial charge in [-0.2, -0.15) is 4.98 Å². The lowest BCUT2D eigenvalue weighted by Crippen LogP contribution is -2.42. The Morgan fingerprint density at radius 2 is 1.78 bits per heavy atom. The number of carbonyl (C=O) groups is 1. The van der Waals surface area contributed by atoms with Gasteiger partial charge in [0, 0.05) is 34.3 Å². The van der Waals surface area contributed by atoms with Gasteiger partial charge in [0.25, 0.3) is 11.8 Å². The second kappa shape index (κ2) is 10.6. The van der Waals surface area contributed by atoms with Gasteiger partial charge in [0.05, 0.1) is 6.61 Å². The Kier molecular flexibility index (Phi) is 7.09. The average Bonchev–Trinajstić information content (AvgIpc) is 3.71. The van der Waals surface area contributed by atoms with Crippen LogP contribution in [0.3, 0.4) is 0 Å². The number of nitrogens with zero attached hydrogens (tertiary/aromatic N) is 4. The summed E-state index contributed by atoms with van der Waals surface area (Å²) in [5, 5.41) is 13.1. The fourth-order valence-corrected chi connectivity index (χ4v) is 6.42. The van der Waals surface area contributed by atoms with Gasteiger partial charge in [-0.3, -0.25) is 4.79 Å². The zero-order valence-electron chi connectivity index (χ0n) is 23.2. The number of fused-ring (bicyclic) bond motifs is 3. The van der Waals surface area contributed by atoms with E-state index in [1.54, 1.807) is 0 Å². The van der Waals surface area contributed by atoms with Gasteiger partial charge in [0.15, 0.2) is 0 Å². The Labute approximate surface area is 245 Å². The Balaban J connectivity index is 0.00000302. The molecule has 9 heteroatoms. The number of aryl methyl sites for hydroxylation is 1. The molecule has 0 saturated carbocycles. The lowest BCUT2D eigenvalue weighted by molar-refractivity contribution is 0.0989. The third-order valence-corrected chi connectivity index (χ3v) is 8.87. The Morgan fingerprint density at radius 1 is 1.02 bits per heavy atom. The molecule has 3 aromatic carbocycles. The minimum atomic E-state index is -0.284. The van der Waals surface area contributed by atoms with Crippen molar-refractivity contribution in [3.05, 3.63) is 82.7 Å². The highest BCUT2D eigenvalue weighted by Crippen LogP contribution is 2.49. The normalized spacial score (nSPS) is 17.2. The van der Waals surface area contributed by atoms with Crippen LogP contribution in [0.5, 0.6) is 5.75 Å². The van der Waals surface area contributed by atoms with Crippen LogP contribution < -0.4 is 9.64 Å². The number of rotatable bonds is 4. The van der Waals surface area contributed by atoms with Crippen LogP contribution in [-0.2, 0) is 18.4 Å². The Morgan fingerprint density at radius 3 is 2.49 bits per heavy atom. The molecule has 41 heavy (non-hydrogen) atoms. The number of likely N-dealkylation sites (tertiary alicyclic amines) is 1. The van der Waals surface area contributed by atoms with E-state index in [-0.39, 0.29) is 36.2 Å². The van der Waals surface area contributed by atoms with Crippen molar-refractivity contribution in [1.29, 1.82) is 0 Å². The van der Waals surface area contributed by atoms with Crippen molar-refractivity contribution in [1.82, 2.24) is 15.0 Å². The maximum atomic E-state index is 13.7. The summed E-state index contributed by atoms with van der Waals surface area (Å²) in [4.78, 5) is 22.2. The first-order chi connectivity index (χ1) is 19.4. The summed E-state index contributed by atoms with van der Waals surface area (Å²) in [5.74, 6) is 1.68. The van der Waals surface area contributed by atoms with Crippen LogP contribution in [0.1, 0.15) is 45.8 Å². The quantitative estimate of drug-likeness (QED) is 0.360. The molecule has 3 aliphatic rings. The van der Waals surface area contributed by atoms with Gasteiger partial charge < -0.3 is 24.2 Å². The molecule has 4 aromatic rings. The number of piperidine rings is 1.